The molecule has 9 nitrogen and oxygen atoms in total. The molecule has 2 aromatic rings. The molecule has 0 bridgehead atoms. The molecule has 0 spiro atoms. The fourth-order valence-electron chi connectivity index (χ4n) is 5.37. The first-order valence-corrected chi connectivity index (χ1v) is 11.6. The topological polar surface area (TPSA) is 107 Å². The average Bonchev–Trinajstić information content (AvgIpc) is 3.51. The van der Waals surface area contributed by atoms with E-state index in [9.17, 15) is 18.8 Å². The minimum absolute atomic E-state index is 0.0360. The van der Waals surface area contributed by atoms with E-state index < -0.39 is 12.1 Å². The first-order chi connectivity index (χ1) is 16.3. The number of nitrogens with zero attached hydrogens (tertiary/aromatic N) is 2. The zero-order valence-electron chi connectivity index (χ0n) is 19.9. The van der Waals surface area contributed by atoms with E-state index >= 15 is 0 Å². The van der Waals surface area contributed by atoms with Crippen LogP contribution in [0.1, 0.15) is 31.7 Å². The maximum absolute atomic E-state index is 14.1. The molecular weight excluding hydrogens is 441 g/mol. The number of likely N-dealkylation sites (tertiary alicyclic amines) is 2. The van der Waals surface area contributed by atoms with Gasteiger partial charge in [0.05, 0.1) is 24.7 Å². The van der Waals surface area contributed by atoms with Crippen LogP contribution in [0.25, 0.3) is 10.9 Å². The summed E-state index contributed by atoms with van der Waals surface area (Å²) < 4.78 is 19.3. The van der Waals surface area contributed by atoms with Gasteiger partial charge in [0.1, 0.15) is 11.9 Å². The normalized spacial score (nSPS) is 23.7. The maximum Gasteiger partial charge on any atom is 0.247 e. The van der Waals surface area contributed by atoms with Crippen molar-refractivity contribution in [3.8, 4) is 0 Å². The molecule has 184 valence electrons. The summed E-state index contributed by atoms with van der Waals surface area (Å²) in [4.78, 5) is 45.4. The smallest absolute Gasteiger partial charge is 0.247 e. The van der Waals surface area contributed by atoms with Gasteiger partial charge in [-0.15, -0.1) is 0 Å². The Morgan fingerprint density at radius 1 is 1.29 bits per heavy atom. The van der Waals surface area contributed by atoms with Crippen LogP contribution < -0.4 is 10.6 Å². The van der Waals surface area contributed by atoms with Crippen LogP contribution in [0.15, 0.2) is 24.4 Å². The highest BCUT2D eigenvalue weighted by molar-refractivity contribution is 5.91. The lowest BCUT2D eigenvalue weighted by molar-refractivity contribution is -0.139. The van der Waals surface area contributed by atoms with Gasteiger partial charge in [0.2, 0.25) is 17.7 Å². The number of likely N-dealkylation sites (N-methyl/N-ethyl adjacent to an activating group) is 1. The minimum Gasteiger partial charge on any atom is -0.382 e. The zero-order chi connectivity index (χ0) is 24.6. The fourth-order valence-corrected chi connectivity index (χ4v) is 5.37. The molecule has 2 fully saturated rings. The van der Waals surface area contributed by atoms with Crippen molar-refractivity contribution in [1.29, 1.82) is 0 Å². The number of H-pyrrole nitrogens is 1. The van der Waals surface area contributed by atoms with Crippen LogP contribution >= 0.6 is 0 Å². The number of fused-ring (bicyclic) bond motifs is 2. The van der Waals surface area contributed by atoms with E-state index in [0.717, 1.165) is 16.5 Å². The third-order valence-electron chi connectivity index (χ3n) is 7.16. The third-order valence-corrected chi connectivity index (χ3v) is 7.16. The van der Waals surface area contributed by atoms with Crippen molar-refractivity contribution in [2.24, 2.45) is 0 Å². The van der Waals surface area contributed by atoms with Gasteiger partial charge < -0.3 is 30.2 Å². The van der Waals surface area contributed by atoms with Crippen molar-refractivity contribution >= 4 is 28.6 Å². The van der Waals surface area contributed by atoms with Crippen LogP contribution in [0.2, 0.25) is 0 Å². The monoisotopic (exact) mass is 473 g/mol. The number of ether oxygens (including phenoxy) is 1. The lowest BCUT2D eigenvalue weighted by Crippen LogP contribution is -2.56. The number of methoxy groups -OCH3 is 1. The number of hydrogen-bond donors (Lipinski definition) is 3. The Balaban J connectivity index is 1.67. The molecule has 3 N–H and O–H groups in total. The quantitative estimate of drug-likeness (QED) is 0.556. The van der Waals surface area contributed by atoms with Gasteiger partial charge in [0.25, 0.3) is 0 Å². The largest absolute Gasteiger partial charge is 0.382 e. The Kier molecular flexibility index (Phi) is 6.90. The predicted octanol–water partition coefficient (Wildman–Crippen LogP) is 0.961. The average molecular weight is 474 g/mol. The number of benzene rings is 1. The second-order valence-corrected chi connectivity index (χ2v) is 9.12. The van der Waals surface area contributed by atoms with Gasteiger partial charge >= 0.3 is 0 Å². The molecule has 3 amide bonds. The summed E-state index contributed by atoms with van der Waals surface area (Å²) in [6.07, 6.45) is 2.49. The van der Waals surface area contributed by atoms with Crippen molar-refractivity contribution in [3.63, 3.8) is 0 Å². The van der Waals surface area contributed by atoms with Gasteiger partial charge in [-0.2, -0.15) is 0 Å². The lowest BCUT2D eigenvalue weighted by atomic mass is 9.91. The van der Waals surface area contributed by atoms with E-state index in [-0.39, 0.29) is 48.1 Å². The van der Waals surface area contributed by atoms with E-state index in [1.54, 1.807) is 24.9 Å². The van der Waals surface area contributed by atoms with Crippen LogP contribution in [-0.2, 0) is 19.1 Å². The molecule has 2 saturated heterocycles. The van der Waals surface area contributed by atoms with E-state index in [1.165, 1.54) is 26.2 Å². The summed E-state index contributed by atoms with van der Waals surface area (Å²) in [6, 6.07) is 2.84. The third kappa shape index (κ3) is 4.27. The molecule has 34 heavy (non-hydrogen) atoms. The summed E-state index contributed by atoms with van der Waals surface area (Å²) in [6.45, 7) is 4.18. The summed E-state index contributed by atoms with van der Waals surface area (Å²) in [5.41, 5.74) is 1.68. The number of aromatic nitrogens is 1. The molecule has 2 aliphatic heterocycles. The molecule has 5 atom stereocenters. The molecule has 4 rings (SSSR count). The summed E-state index contributed by atoms with van der Waals surface area (Å²) in [5.74, 6) is -1.12. The number of halogens is 1. The highest BCUT2D eigenvalue weighted by Crippen LogP contribution is 2.43. The Morgan fingerprint density at radius 3 is 2.74 bits per heavy atom. The number of carbonyl (C=O) groups excluding carboxylic acids is 3. The Morgan fingerprint density at radius 2 is 2.06 bits per heavy atom. The fraction of sp³-hybridized carbons (Fsp3) is 0.542. The van der Waals surface area contributed by atoms with Crippen LogP contribution in [0.5, 0.6) is 0 Å². The summed E-state index contributed by atoms with van der Waals surface area (Å²) in [7, 11) is 3.16. The van der Waals surface area contributed by atoms with Gasteiger partial charge in [-0.1, -0.05) is 0 Å². The maximum atomic E-state index is 14.1. The number of aromatic amines is 1. The van der Waals surface area contributed by atoms with Gasteiger partial charge in [-0.25, -0.2) is 4.39 Å². The Labute approximate surface area is 198 Å². The molecule has 3 heterocycles. The molecular formula is C24H32FN5O4. The molecule has 1 aromatic carbocycles. The number of nitrogens with one attached hydrogen (secondary N) is 3. The number of hydrogen-bond acceptors (Lipinski definition) is 5. The Hall–Kier alpha value is -2.98. The highest BCUT2D eigenvalue weighted by Gasteiger charge is 2.52. The molecule has 0 saturated carbocycles. The summed E-state index contributed by atoms with van der Waals surface area (Å²) >= 11 is 0. The van der Waals surface area contributed by atoms with Crippen molar-refractivity contribution in [2.75, 3.05) is 33.9 Å². The van der Waals surface area contributed by atoms with Gasteiger partial charge in [-0.05, 0) is 44.2 Å². The van der Waals surface area contributed by atoms with Crippen LogP contribution in [0, 0.1) is 5.82 Å². The van der Waals surface area contributed by atoms with Crippen molar-refractivity contribution < 1.29 is 23.5 Å². The zero-order valence-corrected chi connectivity index (χ0v) is 19.9. The molecule has 0 aliphatic carbocycles. The second kappa shape index (κ2) is 9.71. The Bertz CT molecular complexity index is 1090. The van der Waals surface area contributed by atoms with Gasteiger partial charge in [0, 0.05) is 50.1 Å². The standard InChI is InChI=1S/C24H32FN5O4/c1-13(26-3)23(32)28-20(12-34-4)24(33)29-8-7-21-22(29)18(11-30(21)14(2)31)17-10-27-19-6-5-15(25)9-16(17)19/h5-6,9-10,13,18,20-22,26-27H,7-8,11-12H2,1-4H3,(H,28,32)/t13-,18+,20?,21+,22?/m0/s1. The molecule has 0 radical (unpaired) electrons. The van der Waals surface area contributed by atoms with Gasteiger partial charge in [0.15, 0.2) is 0 Å². The SMILES string of the molecule is CN[C@@H](C)C(=O)NC(COC)C(=O)N1CC[C@@H]2C1[C@@H](c1c[nH]c3ccc(F)cc13)CN2C(C)=O. The molecule has 2 aliphatic rings. The summed E-state index contributed by atoms with van der Waals surface area (Å²) in [5, 5.41) is 6.41. The predicted molar refractivity (Wildman–Crippen MR) is 125 cm³/mol. The van der Waals surface area contributed by atoms with Crippen molar-refractivity contribution in [3.05, 3.63) is 35.8 Å². The first kappa shape index (κ1) is 24.2. The van der Waals surface area contributed by atoms with E-state index in [2.05, 4.69) is 15.6 Å². The van der Waals surface area contributed by atoms with E-state index in [1.807, 2.05) is 11.1 Å². The van der Waals surface area contributed by atoms with Crippen LogP contribution in [-0.4, -0.2) is 90.5 Å². The first-order valence-electron chi connectivity index (χ1n) is 11.6. The van der Waals surface area contributed by atoms with Crippen molar-refractivity contribution in [1.82, 2.24) is 25.4 Å². The number of carbonyl (C=O) groups is 3. The molecule has 10 heteroatoms. The van der Waals surface area contributed by atoms with Crippen LogP contribution in [0.3, 0.4) is 0 Å². The second-order valence-electron chi connectivity index (χ2n) is 9.12. The molecule has 2 unspecified atom stereocenters. The van der Waals surface area contributed by atoms with E-state index in [4.69, 9.17) is 4.74 Å². The molecule has 1 aromatic heterocycles. The highest BCUT2D eigenvalue weighted by atomic mass is 19.1. The van der Waals surface area contributed by atoms with Gasteiger partial charge in [-0.3, -0.25) is 14.4 Å². The number of rotatable bonds is 7. The van der Waals surface area contributed by atoms with E-state index in [0.29, 0.717) is 19.5 Å². The number of amides is 3. The van der Waals surface area contributed by atoms with Crippen molar-refractivity contribution in [2.45, 2.75) is 50.4 Å². The lowest BCUT2D eigenvalue weighted by Gasteiger charge is -2.32. The van der Waals surface area contributed by atoms with Crippen LogP contribution in [0.4, 0.5) is 4.39 Å². The minimum atomic E-state index is -0.848.